The van der Waals surface area contributed by atoms with Gasteiger partial charge in [-0.2, -0.15) is 0 Å². The fourth-order valence-corrected chi connectivity index (χ4v) is 2.53. The number of nitro groups is 1. The van der Waals surface area contributed by atoms with Crippen molar-refractivity contribution >= 4 is 28.9 Å². The van der Waals surface area contributed by atoms with Crippen LogP contribution in [0.1, 0.15) is 11.1 Å². The van der Waals surface area contributed by atoms with Gasteiger partial charge in [-0.05, 0) is 24.1 Å². The first-order valence-electron chi connectivity index (χ1n) is 8.45. The van der Waals surface area contributed by atoms with E-state index in [0.717, 1.165) is 11.1 Å². The van der Waals surface area contributed by atoms with Crippen molar-refractivity contribution in [3.63, 3.8) is 0 Å². The van der Waals surface area contributed by atoms with Crippen LogP contribution in [0.15, 0.2) is 60.9 Å². The molecule has 0 spiro atoms. The molecule has 2 aromatic carbocycles. The number of benzene rings is 2. The highest BCUT2D eigenvalue weighted by Crippen LogP contribution is 2.31. The number of para-hydroxylation sites is 1. The summed E-state index contributed by atoms with van der Waals surface area (Å²) in [7, 11) is 0. The molecule has 0 saturated carbocycles. The van der Waals surface area contributed by atoms with Crippen molar-refractivity contribution < 1.29 is 9.72 Å². The van der Waals surface area contributed by atoms with Gasteiger partial charge in [0.2, 0.25) is 17.5 Å². The predicted molar refractivity (Wildman–Crippen MR) is 105 cm³/mol. The van der Waals surface area contributed by atoms with Crippen molar-refractivity contribution in [2.45, 2.75) is 13.3 Å². The van der Waals surface area contributed by atoms with Crippen molar-refractivity contribution in [1.29, 1.82) is 0 Å². The number of nitrogens with one attached hydrogen (secondary N) is 3. The monoisotopic (exact) mass is 378 g/mol. The largest absolute Gasteiger partial charge is 0.355 e. The number of aromatic nitrogens is 2. The molecule has 0 atom stereocenters. The average Bonchev–Trinajstić information content (AvgIpc) is 2.69. The van der Waals surface area contributed by atoms with Gasteiger partial charge in [-0.15, -0.1) is 0 Å². The van der Waals surface area contributed by atoms with Gasteiger partial charge < -0.3 is 5.32 Å². The average molecular weight is 378 g/mol. The normalized spacial score (nSPS) is 10.2. The van der Waals surface area contributed by atoms with E-state index in [1.54, 1.807) is 6.07 Å². The summed E-state index contributed by atoms with van der Waals surface area (Å²) >= 11 is 0. The van der Waals surface area contributed by atoms with Gasteiger partial charge in [0.25, 0.3) is 0 Å². The van der Waals surface area contributed by atoms with E-state index in [2.05, 4.69) is 26.1 Å². The molecule has 9 heteroatoms. The SMILES string of the molecule is Cc1ccccc1Nc1ncnc(NNC(=O)Cc2ccccc2)c1[N+](=O)[O-]. The van der Waals surface area contributed by atoms with Crippen LogP contribution >= 0.6 is 0 Å². The fourth-order valence-electron chi connectivity index (χ4n) is 2.53. The van der Waals surface area contributed by atoms with E-state index in [1.807, 2.05) is 55.5 Å². The molecule has 28 heavy (non-hydrogen) atoms. The third-order valence-corrected chi connectivity index (χ3v) is 3.93. The quantitative estimate of drug-likeness (QED) is 0.426. The van der Waals surface area contributed by atoms with E-state index in [1.165, 1.54) is 6.33 Å². The number of carbonyl (C=O) groups excluding carboxylic acids is 1. The molecule has 0 aliphatic carbocycles. The number of nitrogens with zero attached hydrogens (tertiary/aromatic N) is 3. The maximum Gasteiger partial charge on any atom is 0.355 e. The molecule has 9 nitrogen and oxygen atoms in total. The van der Waals surface area contributed by atoms with Crippen molar-refractivity contribution in [2.24, 2.45) is 0 Å². The van der Waals surface area contributed by atoms with Crippen molar-refractivity contribution in [3.05, 3.63) is 82.2 Å². The molecular weight excluding hydrogens is 360 g/mol. The summed E-state index contributed by atoms with van der Waals surface area (Å²) in [5, 5.41) is 14.5. The van der Waals surface area contributed by atoms with Crippen LogP contribution in [0.2, 0.25) is 0 Å². The van der Waals surface area contributed by atoms with Crippen molar-refractivity contribution in [1.82, 2.24) is 15.4 Å². The summed E-state index contributed by atoms with van der Waals surface area (Å²) < 4.78 is 0. The van der Waals surface area contributed by atoms with E-state index in [-0.39, 0.29) is 29.7 Å². The number of amides is 1. The van der Waals surface area contributed by atoms with Gasteiger partial charge in [-0.1, -0.05) is 48.5 Å². The minimum atomic E-state index is -0.605. The Labute approximate surface area is 161 Å². The number of hydrogen-bond donors (Lipinski definition) is 3. The maximum absolute atomic E-state index is 12.1. The molecule has 0 fully saturated rings. The Bertz CT molecular complexity index is 994. The van der Waals surface area contributed by atoms with Gasteiger partial charge in [0.05, 0.1) is 11.3 Å². The van der Waals surface area contributed by atoms with Crippen LogP contribution in [0.25, 0.3) is 0 Å². The highest BCUT2D eigenvalue weighted by Gasteiger charge is 2.23. The summed E-state index contributed by atoms with van der Waals surface area (Å²) in [4.78, 5) is 30.9. The van der Waals surface area contributed by atoms with Gasteiger partial charge in [0, 0.05) is 5.69 Å². The third-order valence-electron chi connectivity index (χ3n) is 3.93. The van der Waals surface area contributed by atoms with Crippen LogP contribution in [-0.4, -0.2) is 20.8 Å². The lowest BCUT2D eigenvalue weighted by Gasteiger charge is -2.12. The Balaban J connectivity index is 1.76. The van der Waals surface area contributed by atoms with Crippen LogP contribution in [0.5, 0.6) is 0 Å². The standard InChI is InChI=1S/C19H18N6O3/c1-13-7-5-6-10-15(13)22-18-17(25(27)28)19(21-12-20-18)24-23-16(26)11-14-8-3-2-4-9-14/h2-10,12H,11H2,1H3,(H,23,26)(H2,20,21,22,24). The molecule has 0 aliphatic rings. The number of hydrazine groups is 1. The first-order chi connectivity index (χ1) is 13.5. The van der Waals surface area contributed by atoms with Crippen molar-refractivity contribution in [3.8, 4) is 0 Å². The molecule has 3 rings (SSSR count). The third kappa shape index (κ3) is 4.58. The molecule has 0 bridgehead atoms. The molecular formula is C19H18N6O3. The van der Waals surface area contributed by atoms with Gasteiger partial charge in [0.15, 0.2) is 0 Å². The lowest BCUT2D eigenvalue weighted by atomic mass is 10.1. The summed E-state index contributed by atoms with van der Waals surface area (Å²) in [6, 6.07) is 16.5. The number of hydrogen-bond acceptors (Lipinski definition) is 7. The van der Waals surface area contributed by atoms with Gasteiger partial charge in [0.1, 0.15) is 6.33 Å². The van der Waals surface area contributed by atoms with Crippen LogP contribution in [0.3, 0.4) is 0 Å². The fraction of sp³-hybridized carbons (Fsp3) is 0.105. The van der Waals surface area contributed by atoms with E-state index < -0.39 is 4.92 Å². The summed E-state index contributed by atoms with van der Waals surface area (Å²) in [5.74, 6) is -0.445. The smallest absolute Gasteiger partial charge is 0.334 e. The van der Waals surface area contributed by atoms with Crippen LogP contribution < -0.4 is 16.2 Å². The number of anilines is 3. The van der Waals surface area contributed by atoms with Gasteiger partial charge in [-0.3, -0.25) is 25.8 Å². The van der Waals surface area contributed by atoms with Crippen LogP contribution in [0.4, 0.5) is 23.0 Å². The number of carbonyl (C=O) groups is 1. The summed E-state index contributed by atoms with van der Waals surface area (Å²) in [5.41, 5.74) is 6.99. The van der Waals surface area contributed by atoms with E-state index >= 15 is 0 Å². The highest BCUT2D eigenvalue weighted by molar-refractivity contribution is 5.81. The summed E-state index contributed by atoms with van der Waals surface area (Å²) in [6.45, 7) is 1.87. The van der Waals surface area contributed by atoms with Crippen LogP contribution in [0, 0.1) is 17.0 Å². The highest BCUT2D eigenvalue weighted by atomic mass is 16.6. The topological polar surface area (TPSA) is 122 Å². The molecule has 142 valence electrons. The summed E-state index contributed by atoms with van der Waals surface area (Å²) in [6.07, 6.45) is 1.31. The Morgan fingerprint density at radius 3 is 2.43 bits per heavy atom. The van der Waals surface area contributed by atoms with E-state index in [4.69, 9.17) is 0 Å². The van der Waals surface area contributed by atoms with E-state index in [0.29, 0.717) is 5.69 Å². The molecule has 1 amide bonds. The second-order valence-electron chi connectivity index (χ2n) is 5.95. The first-order valence-corrected chi connectivity index (χ1v) is 8.45. The van der Waals surface area contributed by atoms with E-state index in [9.17, 15) is 14.9 Å². The molecule has 0 saturated heterocycles. The Kier molecular flexibility index (Phi) is 5.75. The minimum Gasteiger partial charge on any atom is -0.334 e. The van der Waals surface area contributed by atoms with Crippen molar-refractivity contribution in [2.75, 3.05) is 10.7 Å². The van der Waals surface area contributed by atoms with Gasteiger partial charge >= 0.3 is 5.69 Å². The molecule has 0 aliphatic heterocycles. The zero-order valence-corrected chi connectivity index (χ0v) is 15.0. The lowest BCUT2D eigenvalue weighted by Crippen LogP contribution is -2.31. The first kappa shape index (κ1) is 18.8. The Morgan fingerprint density at radius 2 is 1.71 bits per heavy atom. The molecule has 0 unspecified atom stereocenters. The zero-order chi connectivity index (χ0) is 19.9. The molecule has 1 heterocycles. The second-order valence-corrected chi connectivity index (χ2v) is 5.95. The lowest BCUT2D eigenvalue weighted by molar-refractivity contribution is -0.383. The minimum absolute atomic E-state index is 0.0223. The number of aryl methyl sites for hydroxylation is 1. The molecule has 0 radical (unpaired) electrons. The zero-order valence-electron chi connectivity index (χ0n) is 15.0. The maximum atomic E-state index is 12.1. The Hall–Kier alpha value is -4.01. The van der Waals surface area contributed by atoms with Crippen LogP contribution in [-0.2, 0) is 11.2 Å². The molecule has 3 aromatic rings. The number of rotatable bonds is 7. The second kappa shape index (κ2) is 8.58. The van der Waals surface area contributed by atoms with Gasteiger partial charge in [-0.25, -0.2) is 9.97 Å². The Morgan fingerprint density at radius 1 is 1.04 bits per heavy atom. The predicted octanol–water partition coefficient (Wildman–Crippen LogP) is 3.12. The molecule has 1 aromatic heterocycles. The molecule has 3 N–H and O–H groups in total.